The van der Waals surface area contributed by atoms with Crippen LogP contribution in [0.2, 0.25) is 0 Å². The summed E-state index contributed by atoms with van der Waals surface area (Å²) < 4.78 is 0. The zero-order valence-electron chi connectivity index (χ0n) is 10.8. The Labute approximate surface area is 104 Å². The van der Waals surface area contributed by atoms with E-state index < -0.39 is 0 Å². The molecule has 1 heterocycles. The first-order valence-electron chi connectivity index (χ1n) is 6.25. The number of hydrogen-bond acceptors (Lipinski definition) is 1. The van der Waals surface area contributed by atoms with Crippen LogP contribution >= 0.6 is 0 Å². The molecule has 2 rings (SSSR count). The van der Waals surface area contributed by atoms with Crippen molar-refractivity contribution in [1.82, 2.24) is 4.98 Å². The Bertz CT molecular complexity index is 483. The molecule has 1 aromatic carbocycles. The molecule has 0 aliphatic heterocycles. The third kappa shape index (κ3) is 2.55. The molecular formula is C16H19N. The summed E-state index contributed by atoms with van der Waals surface area (Å²) in [6, 6.07) is 10.9. The zero-order valence-corrected chi connectivity index (χ0v) is 10.8. The molecular weight excluding hydrogens is 206 g/mol. The SMILES string of the molecule is CCc1ccncc1-c1ccc(C(C)C)cc1. The average molecular weight is 225 g/mol. The van der Waals surface area contributed by atoms with Crippen LogP contribution in [0.3, 0.4) is 0 Å². The summed E-state index contributed by atoms with van der Waals surface area (Å²) in [4.78, 5) is 4.23. The van der Waals surface area contributed by atoms with Gasteiger partial charge >= 0.3 is 0 Å². The summed E-state index contributed by atoms with van der Waals surface area (Å²) in [5, 5.41) is 0. The predicted octanol–water partition coefficient (Wildman–Crippen LogP) is 4.43. The van der Waals surface area contributed by atoms with Crippen LogP contribution in [0.5, 0.6) is 0 Å². The fraction of sp³-hybridized carbons (Fsp3) is 0.312. The minimum atomic E-state index is 0.587. The van der Waals surface area contributed by atoms with Crippen molar-refractivity contribution < 1.29 is 0 Å². The van der Waals surface area contributed by atoms with Gasteiger partial charge in [-0.3, -0.25) is 4.98 Å². The monoisotopic (exact) mass is 225 g/mol. The van der Waals surface area contributed by atoms with Crippen LogP contribution in [-0.4, -0.2) is 4.98 Å². The molecule has 0 fully saturated rings. The summed E-state index contributed by atoms with van der Waals surface area (Å²) in [7, 11) is 0. The minimum absolute atomic E-state index is 0.587. The van der Waals surface area contributed by atoms with Crippen molar-refractivity contribution >= 4 is 0 Å². The molecule has 0 aliphatic carbocycles. The molecule has 0 saturated heterocycles. The molecule has 0 amide bonds. The van der Waals surface area contributed by atoms with Gasteiger partial charge in [0.2, 0.25) is 0 Å². The maximum absolute atomic E-state index is 4.23. The number of hydrogen-bond donors (Lipinski definition) is 0. The number of nitrogens with zero attached hydrogens (tertiary/aromatic N) is 1. The molecule has 1 aromatic heterocycles. The molecule has 88 valence electrons. The van der Waals surface area contributed by atoms with Crippen molar-refractivity contribution in [3.05, 3.63) is 53.9 Å². The Morgan fingerprint density at radius 3 is 2.35 bits per heavy atom. The molecule has 0 aliphatic rings. The fourth-order valence-corrected chi connectivity index (χ4v) is 2.04. The molecule has 0 bridgehead atoms. The molecule has 2 aromatic rings. The Hall–Kier alpha value is -1.63. The number of benzene rings is 1. The molecule has 0 unspecified atom stereocenters. The lowest BCUT2D eigenvalue weighted by atomic mass is 9.96. The highest BCUT2D eigenvalue weighted by atomic mass is 14.6. The van der Waals surface area contributed by atoms with E-state index in [4.69, 9.17) is 0 Å². The van der Waals surface area contributed by atoms with Gasteiger partial charge in [-0.15, -0.1) is 0 Å². The van der Waals surface area contributed by atoms with E-state index in [0.29, 0.717) is 5.92 Å². The zero-order chi connectivity index (χ0) is 12.3. The van der Waals surface area contributed by atoms with Crippen LogP contribution < -0.4 is 0 Å². The van der Waals surface area contributed by atoms with Gasteiger partial charge in [-0.05, 0) is 35.1 Å². The average Bonchev–Trinajstić information content (AvgIpc) is 2.39. The van der Waals surface area contributed by atoms with Crippen molar-refractivity contribution in [2.75, 3.05) is 0 Å². The van der Waals surface area contributed by atoms with Crippen molar-refractivity contribution in [2.24, 2.45) is 0 Å². The maximum atomic E-state index is 4.23. The van der Waals surface area contributed by atoms with E-state index in [1.807, 2.05) is 12.4 Å². The van der Waals surface area contributed by atoms with Crippen LogP contribution in [0.25, 0.3) is 11.1 Å². The van der Waals surface area contributed by atoms with E-state index in [0.717, 1.165) is 6.42 Å². The summed E-state index contributed by atoms with van der Waals surface area (Å²) >= 11 is 0. The van der Waals surface area contributed by atoms with Crippen LogP contribution in [0.1, 0.15) is 37.8 Å². The first-order valence-corrected chi connectivity index (χ1v) is 6.25. The third-order valence-corrected chi connectivity index (χ3v) is 3.18. The minimum Gasteiger partial charge on any atom is -0.264 e. The lowest BCUT2D eigenvalue weighted by Gasteiger charge is -2.09. The second kappa shape index (κ2) is 5.13. The summed E-state index contributed by atoms with van der Waals surface area (Å²) in [5.41, 5.74) is 5.26. The van der Waals surface area contributed by atoms with Gasteiger partial charge in [0.1, 0.15) is 0 Å². The van der Waals surface area contributed by atoms with Gasteiger partial charge in [0.25, 0.3) is 0 Å². The van der Waals surface area contributed by atoms with Crippen LogP contribution in [-0.2, 0) is 6.42 Å². The molecule has 0 N–H and O–H groups in total. The van der Waals surface area contributed by atoms with E-state index in [2.05, 4.69) is 56.1 Å². The summed E-state index contributed by atoms with van der Waals surface area (Å²) in [6.07, 6.45) is 4.87. The highest BCUT2D eigenvalue weighted by Gasteiger charge is 2.04. The van der Waals surface area contributed by atoms with Crippen LogP contribution in [0.15, 0.2) is 42.7 Å². The van der Waals surface area contributed by atoms with E-state index in [1.54, 1.807) is 0 Å². The number of rotatable bonds is 3. The lowest BCUT2D eigenvalue weighted by molar-refractivity contribution is 0.867. The van der Waals surface area contributed by atoms with Gasteiger partial charge in [0.05, 0.1) is 0 Å². The van der Waals surface area contributed by atoms with E-state index >= 15 is 0 Å². The van der Waals surface area contributed by atoms with Crippen molar-refractivity contribution in [3.8, 4) is 11.1 Å². The Morgan fingerprint density at radius 2 is 1.76 bits per heavy atom. The fourth-order valence-electron chi connectivity index (χ4n) is 2.04. The second-order valence-corrected chi connectivity index (χ2v) is 4.66. The van der Waals surface area contributed by atoms with E-state index in [-0.39, 0.29) is 0 Å². The number of aryl methyl sites for hydroxylation is 1. The normalized spacial score (nSPS) is 10.8. The predicted molar refractivity (Wildman–Crippen MR) is 73.1 cm³/mol. The lowest BCUT2D eigenvalue weighted by Crippen LogP contribution is -1.90. The number of pyridine rings is 1. The second-order valence-electron chi connectivity index (χ2n) is 4.66. The first kappa shape index (κ1) is 11.8. The Morgan fingerprint density at radius 1 is 1.06 bits per heavy atom. The van der Waals surface area contributed by atoms with Crippen LogP contribution in [0, 0.1) is 0 Å². The maximum Gasteiger partial charge on any atom is 0.0349 e. The third-order valence-electron chi connectivity index (χ3n) is 3.18. The summed E-state index contributed by atoms with van der Waals surface area (Å²) in [5.74, 6) is 0.587. The van der Waals surface area contributed by atoms with Gasteiger partial charge < -0.3 is 0 Å². The molecule has 0 radical (unpaired) electrons. The van der Waals surface area contributed by atoms with Gasteiger partial charge in [0, 0.05) is 18.0 Å². The standard InChI is InChI=1S/C16H19N/c1-4-13-9-10-17-11-16(13)15-7-5-14(6-8-15)12(2)3/h5-12H,4H2,1-3H3. The highest BCUT2D eigenvalue weighted by Crippen LogP contribution is 2.25. The molecule has 0 atom stereocenters. The molecule has 1 heteroatoms. The van der Waals surface area contributed by atoms with Gasteiger partial charge in [-0.1, -0.05) is 45.0 Å². The van der Waals surface area contributed by atoms with E-state index in [1.165, 1.54) is 22.3 Å². The summed E-state index contributed by atoms with van der Waals surface area (Å²) in [6.45, 7) is 6.62. The van der Waals surface area contributed by atoms with Crippen molar-refractivity contribution in [2.45, 2.75) is 33.1 Å². The van der Waals surface area contributed by atoms with Crippen molar-refractivity contribution in [1.29, 1.82) is 0 Å². The molecule has 0 saturated carbocycles. The van der Waals surface area contributed by atoms with E-state index in [9.17, 15) is 0 Å². The van der Waals surface area contributed by atoms with Crippen molar-refractivity contribution in [3.63, 3.8) is 0 Å². The molecule has 17 heavy (non-hydrogen) atoms. The first-order chi connectivity index (χ1) is 8.22. The number of aromatic nitrogens is 1. The van der Waals surface area contributed by atoms with Gasteiger partial charge in [0.15, 0.2) is 0 Å². The van der Waals surface area contributed by atoms with Crippen LogP contribution in [0.4, 0.5) is 0 Å². The highest BCUT2D eigenvalue weighted by molar-refractivity contribution is 5.66. The van der Waals surface area contributed by atoms with Gasteiger partial charge in [-0.2, -0.15) is 0 Å². The van der Waals surface area contributed by atoms with Gasteiger partial charge in [-0.25, -0.2) is 0 Å². The Kier molecular flexibility index (Phi) is 3.58. The largest absolute Gasteiger partial charge is 0.264 e. The molecule has 0 spiro atoms. The molecule has 1 nitrogen and oxygen atoms in total. The quantitative estimate of drug-likeness (QED) is 0.752. The Balaban J connectivity index is 2.40. The topological polar surface area (TPSA) is 12.9 Å². The smallest absolute Gasteiger partial charge is 0.0349 e.